The first-order chi connectivity index (χ1) is 24.1. The van der Waals surface area contributed by atoms with E-state index >= 15 is 0 Å². The number of hydrogen-bond donors (Lipinski definition) is 0. The third-order valence-electron chi connectivity index (χ3n) is 10.1. The Morgan fingerprint density at radius 1 is 0.408 bits per heavy atom. The molecule has 0 amide bonds. The molecule has 1 atom stereocenters. The molecule has 1 unspecified atom stereocenters. The second kappa shape index (κ2) is 41.7. The van der Waals surface area contributed by atoms with Gasteiger partial charge in [-0.05, 0) is 25.2 Å². The maximum atomic E-state index is 12.5. The second-order valence-corrected chi connectivity index (χ2v) is 16.2. The number of carbonyl (C=O) groups excluding carboxylic acids is 2. The van der Waals surface area contributed by atoms with Crippen molar-refractivity contribution in [1.82, 2.24) is 0 Å². The molecular weight excluding hydrogens is 625 g/mol. The number of thioether (sulfide) groups is 1. The monoisotopic (exact) mass is 711 g/mol. The molecule has 0 saturated heterocycles. The molecule has 0 N–H and O–H groups in total. The van der Waals surface area contributed by atoms with Gasteiger partial charge in [0.2, 0.25) is 0 Å². The first-order valence-corrected chi connectivity index (χ1v) is 23.2. The van der Waals surface area contributed by atoms with E-state index in [1.165, 1.54) is 193 Å². The van der Waals surface area contributed by atoms with E-state index in [1.807, 2.05) is 0 Å². The lowest BCUT2D eigenvalue weighted by molar-refractivity contribution is -0.145. The third-order valence-corrected chi connectivity index (χ3v) is 11.1. The summed E-state index contributed by atoms with van der Waals surface area (Å²) in [5.41, 5.74) is 0. The first kappa shape index (κ1) is 48.3. The van der Waals surface area contributed by atoms with Gasteiger partial charge in [0, 0.05) is 11.5 Å². The number of carbonyl (C=O) groups is 2. The molecule has 0 bridgehead atoms. The molecule has 0 spiro atoms. The van der Waals surface area contributed by atoms with Crippen molar-refractivity contribution in [3.05, 3.63) is 0 Å². The molecule has 0 saturated carbocycles. The van der Waals surface area contributed by atoms with Crippen LogP contribution in [0.3, 0.4) is 0 Å². The Kier molecular flexibility index (Phi) is 41.1. The normalized spacial score (nSPS) is 12.0. The van der Waals surface area contributed by atoms with Crippen molar-refractivity contribution in [3.8, 4) is 0 Å². The summed E-state index contributed by atoms with van der Waals surface area (Å²) >= 11 is 1.66. The smallest absolute Gasteiger partial charge is 0.306 e. The summed E-state index contributed by atoms with van der Waals surface area (Å²) in [5.74, 6) is 1.75. The highest BCUT2D eigenvalue weighted by Crippen LogP contribution is 2.21. The van der Waals surface area contributed by atoms with Crippen LogP contribution in [-0.2, 0) is 19.1 Å². The molecule has 0 aromatic heterocycles. The van der Waals surface area contributed by atoms with Gasteiger partial charge in [0.15, 0.2) is 0 Å². The molecule has 0 aliphatic heterocycles. The molecule has 4 nitrogen and oxygen atoms in total. The van der Waals surface area contributed by atoms with Crippen LogP contribution in [0, 0.1) is 5.92 Å². The van der Waals surface area contributed by atoms with E-state index in [2.05, 4.69) is 20.8 Å². The molecule has 0 aliphatic carbocycles. The lowest BCUT2D eigenvalue weighted by Crippen LogP contribution is -2.15. The summed E-state index contributed by atoms with van der Waals surface area (Å²) in [4.78, 5) is 24.5. The van der Waals surface area contributed by atoms with E-state index in [0.717, 1.165) is 12.8 Å². The summed E-state index contributed by atoms with van der Waals surface area (Å²) in [7, 11) is 0. The fourth-order valence-electron chi connectivity index (χ4n) is 6.70. The Balaban J connectivity index is 3.74. The van der Waals surface area contributed by atoms with Crippen LogP contribution in [-0.4, -0.2) is 36.7 Å². The molecule has 0 radical (unpaired) electrons. The zero-order valence-electron chi connectivity index (χ0n) is 33.5. The van der Waals surface area contributed by atoms with Crippen LogP contribution in [0.2, 0.25) is 0 Å². The van der Waals surface area contributed by atoms with E-state index in [9.17, 15) is 9.59 Å². The van der Waals surface area contributed by atoms with Gasteiger partial charge >= 0.3 is 11.9 Å². The molecule has 49 heavy (non-hydrogen) atoms. The molecule has 292 valence electrons. The summed E-state index contributed by atoms with van der Waals surface area (Å²) < 4.78 is 11.2. The fraction of sp³-hybridized carbons (Fsp3) is 0.955. The molecule has 0 aromatic rings. The van der Waals surface area contributed by atoms with Gasteiger partial charge in [-0.3, -0.25) is 9.59 Å². The minimum absolute atomic E-state index is 0.0811. The highest BCUT2D eigenvalue weighted by Gasteiger charge is 2.13. The number of hydrogen-bond acceptors (Lipinski definition) is 5. The number of esters is 2. The lowest BCUT2D eigenvalue weighted by Gasteiger charge is -2.17. The third kappa shape index (κ3) is 39.9. The van der Waals surface area contributed by atoms with Crippen LogP contribution in [0.25, 0.3) is 0 Å². The van der Waals surface area contributed by atoms with Crippen molar-refractivity contribution < 1.29 is 19.1 Å². The average molecular weight is 711 g/mol. The zero-order chi connectivity index (χ0) is 35.7. The maximum Gasteiger partial charge on any atom is 0.306 e. The minimum atomic E-state index is -0.102. The Hall–Kier alpha value is -0.710. The zero-order valence-corrected chi connectivity index (χ0v) is 34.3. The Bertz CT molecular complexity index is 669. The lowest BCUT2D eigenvalue weighted by atomic mass is 9.94. The van der Waals surface area contributed by atoms with Crippen molar-refractivity contribution in [3.63, 3.8) is 0 Å². The predicted octanol–water partition coefficient (Wildman–Crippen LogP) is 14.7. The predicted molar refractivity (Wildman–Crippen MR) is 217 cm³/mol. The van der Waals surface area contributed by atoms with Gasteiger partial charge in [-0.2, -0.15) is 11.8 Å². The van der Waals surface area contributed by atoms with Crippen LogP contribution >= 0.6 is 11.8 Å². The van der Waals surface area contributed by atoms with Crippen molar-refractivity contribution in [1.29, 1.82) is 0 Å². The summed E-state index contributed by atoms with van der Waals surface area (Å²) in [5, 5.41) is 0. The minimum Gasteiger partial charge on any atom is -0.466 e. The first-order valence-electron chi connectivity index (χ1n) is 22.0. The van der Waals surface area contributed by atoms with Gasteiger partial charge in [0.05, 0.1) is 26.1 Å². The van der Waals surface area contributed by atoms with Gasteiger partial charge in [-0.25, -0.2) is 0 Å². The highest BCUT2D eigenvalue weighted by molar-refractivity contribution is 7.99. The van der Waals surface area contributed by atoms with Crippen LogP contribution < -0.4 is 0 Å². The number of unbranched alkanes of at least 4 members (excludes halogenated alkanes) is 27. The molecular formula is C44H86O4S. The Morgan fingerprint density at radius 2 is 0.714 bits per heavy atom. The summed E-state index contributed by atoms with van der Waals surface area (Å²) in [6, 6.07) is 0. The van der Waals surface area contributed by atoms with Crippen LogP contribution in [0.15, 0.2) is 0 Å². The fourth-order valence-corrected chi connectivity index (χ4v) is 7.52. The molecule has 0 fully saturated rings. The number of ether oxygens (including phenoxy) is 2. The van der Waals surface area contributed by atoms with Crippen molar-refractivity contribution in [2.75, 3.05) is 24.7 Å². The molecule has 0 heterocycles. The van der Waals surface area contributed by atoms with Crippen molar-refractivity contribution in [2.45, 2.75) is 239 Å². The topological polar surface area (TPSA) is 52.6 Å². The number of rotatable bonds is 41. The average Bonchev–Trinajstić information content (AvgIpc) is 3.10. The molecule has 5 heteroatoms. The van der Waals surface area contributed by atoms with Crippen LogP contribution in [0.1, 0.15) is 239 Å². The van der Waals surface area contributed by atoms with Gasteiger partial charge in [0.25, 0.3) is 0 Å². The van der Waals surface area contributed by atoms with Gasteiger partial charge < -0.3 is 9.47 Å². The SMILES string of the molecule is CCCCCCCCCCCCCCCCCCOC(=O)CCSCCC(=O)OCC(CCCCCCCC)CCCCCCCCCC. The second-order valence-electron chi connectivity index (χ2n) is 15.0. The maximum absolute atomic E-state index is 12.5. The van der Waals surface area contributed by atoms with Crippen LogP contribution in [0.5, 0.6) is 0 Å². The summed E-state index contributed by atoms with van der Waals surface area (Å²) in [6.07, 6.45) is 43.4. The molecule has 0 rings (SSSR count). The van der Waals surface area contributed by atoms with Gasteiger partial charge in [0.1, 0.15) is 0 Å². The quantitative estimate of drug-likeness (QED) is 0.0467. The van der Waals surface area contributed by atoms with E-state index in [0.29, 0.717) is 43.5 Å². The highest BCUT2D eigenvalue weighted by atomic mass is 32.2. The van der Waals surface area contributed by atoms with Crippen molar-refractivity contribution in [2.24, 2.45) is 5.92 Å². The van der Waals surface area contributed by atoms with E-state index < -0.39 is 0 Å². The molecule has 0 aliphatic rings. The van der Waals surface area contributed by atoms with E-state index in [-0.39, 0.29) is 11.9 Å². The van der Waals surface area contributed by atoms with Crippen molar-refractivity contribution >= 4 is 23.7 Å². The van der Waals surface area contributed by atoms with Gasteiger partial charge in [-0.15, -0.1) is 0 Å². The van der Waals surface area contributed by atoms with E-state index in [1.54, 1.807) is 11.8 Å². The van der Waals surface area contributed by atoms with E-state index in [4.69, 9.17) is 9.47 Å². The molecule has 0 aromatic carbocycles. The Labute approximate surface area is 311 Å². The summed E-state index contributed by atoms with van der Waals surface area (Å²) in [6.45, 7) is 7.96. The Morgan fingerprint density at radius 3 is 1.08 bits per heavy atom. The van der Waals surface area contributed by atoms with Gasteiger partial charge in [-0.1, -0.05) is 207 Å². The largest absolute Gasteiger partial charge is 0.466 e. The van der Waals surface area contributed by atoms with Crippen LogP contribution in [0.4, 0.5) is 0 Å². The standard InChI is InChI=1S/C44H86O4S/c1-4-7-10-13-16-18-19-20-21-22-23-24-25-27-30-33-38-47-43(45)36-39-49-40-37-44(46)48-41-42(34-31-28-15-12-9-6-3)35-32-29-26-17-14-11-8-5-2/h42H,4-41H2,1-3H3.